The Hall–Kier alpha value is -2.67. The molecule has 2 saturated heterocycles. The molecule has 6 nitrogen and oxygen atoms in total. The number of amides is 2. The summed E-state index contributed by atoms with van der Waals surface area (Å²) < 4.78 is 13.2. The first-order valence-electron chi connectivity index (χ1n) is 10.3. The number of H-pyrrole nitrogens is 1. The fraction of sp³-hybridized carbons (Fsp3) is 0.455. The second kappa shape index (κ2) is 8.78. The number of likely N-dealkylation sites (tertiary alicyclic amines) is 1. The number of piperidine rings is 1. The van der Waals surface area contributed by atoms with E-state index in [1.807, 2.05) is 4.90 Å². The zero-order valence-corrected chi connectivity index (χ0v) is 16.4. The Morgan fingerprint density at radius 1 is 1.14 bits per heavy atom. The maximum absolute atomic E-state index is 13.2. The van der Waals surface area contributed by atoms with Gasteiger partial charge < -0.3 is 20.5 Å². The first kappa shape index (κ1) is 19.6. The molecular weight excluding hydrogens is 371 g/mol. The summed E-state index contributed by atoms with van der Waals surface area (Å²) >= 11 is 0. The Morgan fingerprint density at radius 3 is 2.72 bits per heavy atom. The Bertz CT molecular complexity index is 858. The average molecular weight is 398 g/mol. The Balaban J connectivity index is 1.38. The van der Waals surface area contributed by atoms with Crippen molar-refractivity contribution < 1.29 is 14.0 Å². The fourth-order valence-corrected chi connectivity index (χ4v) is 4.27. The smallest absolute Gasteiger partial charge is 0.256 e. The molecule has 0 aliphatic carbocycles. The summed E-state index contributed by atoms with van der Waals surface area (Å²) in [6.45, 7) is 2.84. The van der Waals surface area contributed by atoms with Crippen molar-refractivity contribution in [2.24, 2.45) is 5.92 Å². The van der Waals surface area contributed by atoms with Gasteiger partial charge in [-0.25, -0.2) is 4.39 Å². The van der Waals surface area contributed by atoms with Crippen LogP contribution < -0.4 is 10.6 Å². The Labute approximate surface area is 169 Å². The number of aromatic nitrogens is 1. The van der Waals surface area contributed by atoms with Gasteiger partial charge in [0.15, 0.2) is 0 Å². The summed E-state index contributed by atoms with van der Waals surface area (Å²) in [5, 5.41) is 6.26. The number of nitrogens with one attached hydrogen (secondary N) is 3. The van der Waals surface area contributed by atoms with E-state index in [0.717, 1.165) is 43.4 Å². The predicted octanol–water partition coefficient (Wildman–Crippen LogP) is 2.54. The van der Waals surface area contributed by atoms with Gasteiger partial charge in [-0.05, 0) is 55.8 Å². The Morgan fingerprint density at radius 2 is 1.97 bits per heavy atom. The summed E-state index contributed by atoms with van der Waals surface area (Å²) in [6, 6.07) is 6.08. The van der Waals surface area contributed by atoms with E-state index in [-0.39, 0.29) is 29.6 Å². The molecule has 1 aromatic carbocycles. The highest BCUT2D eigenvalue weighted by Gasteiger charge is 2.28. The molecule has 2 atom stereocenters. The summed E-state index contributed by atoms with van der Waals surface area (Å²) in [5.41, 5.74) is 2.18. The number of hydrogen-bond acceptors (Lipinski definition) is 3. The molecule has 0 saturated carbocycles. The van der Waals surface area contributed by atoms with Gasteiger partial charge in [-0.1, -0.05) is 12.1 Å². The van der Waals surface area contributed by atoms with Crippen LogP contribution in [0.2, 0.25) is 0 Å². The first-order valence-corrected chi connectivity index (χ1v) is 10.3. The number of benzene rings is 1. The lowest BCUT2D eigenvalue weighted by Gasteiger charge is -2.33. The molecule has 0 radical (unpaired) electrons. The summed E-state index contributed by atoms with van der Waals surface area (Å²) in [7, 11) is 0. The van der Waals surface area contributed by atoms with Crippen LogP contribution in [0.15, 0.2) is 36.7 Å². The van der Waals surface area contributed by atoms with E-state index in [9.17, 15) is 14.0 Å². The van der Waals surface area contributed by atoms with E-state index in [1.54, 1.807) is 24.5 Å². The number of carbonyl (C=O) groups excluding carboxylic acids is 2. The predicted molar refractivity (Wildman–Crippen MR) is 109 cm³/mol. The van der Waals surface area contributed by atoms with Gasteiger partial charge in [-0.15, -0.1) is 0 Å². The van der Waals surface area contributed by atoms with Gasteiger partial charge in [0.25, 0.3) is 5.91 Å². The van der Waals surface area contributed by atoms with Crippen molar-refractivity contribution in [2.75, 3.05) is 26.2 Å². The minimum Gasteiger partial charge on any atom is -0.366 e. The van der Waals surface area contributed by atoms with E-state index >= 15 is 0 Å². The number of halogens is 1. The highest BCUT2D eigenvalue weighted by molar-refractivity contribution is 6.00. The number of rotatable bonds is 5. The van der Waals surface area contributed by atoms with Crippen LogP contribution in [0.25, 0.3) is 11.1 Å². The topological polar surface area (TPSA) is 77.2 Å². The molecule has 2 aliphatic heterocycles. The quantitative estimate of drug-likeness (QED) is 0.724. The molecule has 2 unspecified atom stereocenters. The van der Waals surface area contributed by atoms with Gasteiger partial charge in [0.05, 0.1) is 11.6 Å². The maximum atomic E-state index is 13.2. The summed E-state index contributed by atoms with van der Waals surface area (Å²) in [6.07, 6.45) is 7.33. The van der Waals surface area contributed by atoms with E-state index < -0.39 is 0 Å². The normalized spacial score (nSPS) is 21.9. The standard InChI is InChI=1S/C22H27FN4O2/c23-17-7-5-16(6-8-17)18-12-24-13-19(18)22(29)27-10-2-3-15(14-27)11-26-21(28)20-4-1-9-25-20/h5-8,12-13,15,20,24-25H,1-4,9-11,14H2,(H,26,28). The lowest BCUT2D eigenvalue weighted by Crippen LogP contribution is -2.46. The van der Waals surface area contributed by atoms with Crippen molar-refractivity contribution in [1.29, 1.82) is 0 Å². The van der Waals surface area contributed by atoms with Gasteiger partial charge in [0.2, 0.25) is 5.91 Å². The number of carbonyl (C=O) groups is 2. The van der Waals surface area contributed by atoms with Crippen molar-refractivity contribution in [3.05, 3.63) is 48.0 Å². The highest BCUT2D eigenvalue weighted by atomic mass is 19.1. The number of aromatic amines is 1. The molecule has 2 fully saturated rings. The maximum Gasteiger partial charge on any atom is 0.256 e. The van der Waals surface area contributed by atoms with E-state index in [0.29, 0.717) is 25.2 Å². The van der Waals surface area contributed by atoms with E-state index in [2.05, 4.69) is 15.6 Å². The summed E-state index contributed by atoms with van der Waals surface area (Å²) in [4.78, 5) is 30.3. The van der Waals surface area contributed by atoms with Crippen LogP contribution in [0.1, 0.15) is 36.0 Å². The molecule has 0 bridgehead atoms. The monoisotopic (exact) mass is 398 g/mol. The Kier molecular flexibility index (Phi) is 5.94. The molecule has 7 heteroatoms. The second-order valence-corrected chi connectivity index (χ2v) is 7.94. The van der Waals surface area contributed by atoms with Crippen molar-refractivity contribution in [1.82, 2.24) is 20.5 Å². The van der Waals surface area contributed by atoms with Gasteiger partial charge in [0, 0.05) is 37.6 Å². The average Bonchev–Trinajstić information content (AvgIpc) is 3.44. The van der Waals surface area contributed by atoms with Crippen LogP contribution in [0.3, 0.4) is 0 Å². The van der Waals surface area contributed by atoms with Crippen LogP contribution >= 0.6 is 0 Å². The molecule has 2 aliphatic rings. The SMILES string of the molecule is O=C(NCC1CCCN(C(=O)c2c[nH]cc2-c2ccc(F)cc2)C1)C1CCCN1. The lowest BCUT2D eigenvalue weighted by atomic mass is 9.96. The minimum atomic E-state index is -0.300. The van der Waals surface area contributed by atoms with Gasteiger partial charge in [-0.3, -0.25) is 9.59 Å². The van der Waals surface area contributed by atoms with E-state index in [1.165, 1.54) is 12.1 Å². The molecule has 4 rings (SSSR count). The molecule has 3 N–H and O–H groups in total. The molecule has 154 valence electrons. The third-order valence-corrected chi connectivity index (χ3v) is 5.88. The molecule has 1 aromatic heterocycles. The molecule has 2 amide bonds. The zero-order valence-electron chi connectivity index (χ0n) is 16.4. The van der Waals surface area contributed by atoms with E-state index in [4.69, 9.17) is 0 Å². The van der Waals surface area contributed by atoms with Crippen LogP contribution in [-0.4, -0.2) is 53.9 Å². The molecular formula is C22H27FN4O2. The fourth-order valence-electron chi connectivity index (χ4n) is 4.27. The summed E-state index contributed by atoms with van der Waals surface area (Å²) in [5.74, 6) is -0.00797. The van der Waals surface area contributed by atoms with Crippen molar-refractivity contribution in [2.45, 2.75) is 31.7 Å². The molecule has 3 heterocycles. The van der Waals surface area contributed by atoms with Gasteiger partial charge in [0.1, 0.15) is 5.82 Å². The third-order valence-electron chi connectivity index (χ3n) is 5.88. The van der Waals surface area contributed by atoms with Crippen molar-refractivity contribution in [3.8, 4) is 11.1 Å². The minimum absolute atomic E-state index is 0.0286. The van der Waals surface area contributed by atoms with Crippen LogP contribution in [0.4, 0.5) is 4.39 Å². The largest absolute Gasteiger partial charge is 0.366 e. The van der Waals surface area contributed by atoms with Crippen molar-refractivity contribution >= 4 is 11.8 Å². The molecule has 0 spiro atoms. The number of hydrogen-bond donors (Lipinski definition) is 3. The molecule has 2 aromatic rings. The van der Waals surface area contributed by atoms with Gasteiger partial charge >= 0.3 is 0 Å². The van der Waals surface area contributed by atoms with Crippen LogP contribution in [0, 0.1) is 11.7 Å². The number of nitrogens with zero attached hydrogens (tertiary/aromatic N) is 1. The third kappa shape index (κ3) is 4.50. The second-order valence-electron chi connectivity index (χ2n) is 7.94. The lowest BCUT2D eigenvalue weighted by molar-refractivity contribution is -0.123. The molecule has 29 heavy (non-hydrogen) atoms. The van der Waals surface area contributed by atoms with Crippen LogP contribution in [-0.2, 0) is 4.79 Å². The van der Waals surface area contributed by atoms with Gasteiger partial charge in [-0.2, -0.15) is 0 Å². The van der Waals surface area contributed by atoms with Crippen LogP contribution in [0.5, 0.6) is 0 Å². The highest BCUT2D eigenvalue weighted by Crippen LogP contribution is 2.26. The zero-order chi connectivity index (χ0) is 20.2. The first-order chi connectivity index (χ1) is 14.1. The van der Waals surface area contributed by atoms with Crippen molar-refractivity contribution in [3.63, 3.8) is 0 Å².